The molecule has 1 aromatic rings. The van der Waals surface area contributed by atoms with Crippen LogP contribution >= 0.6 is 23.3 Å². The van der Waals surface area contributed by atoms with Gasteiger partial charge < -0.3 is 0 Å². The Hall–Kier alpha value is -0.150. The van der Waals surface area contributed by atoms with Gasteiger partial charge in [0.15, 0.2) is 0 Å². The van der Waals surface area contributed by atoms with Crippen molar-refractivity contribution in [2.45, 2.75) is 20.8 Å². The van der Waals surface area contributed by atoms with Gasteiger partial charge in [-0.2, -0.15) is 0 Å². The summed E-state index contributed by atoms with van der Waals surface area (Å²) in [4.78, 5) is 3.85. The Morgan fingerprint density at radius 3 is 1.64 bits per heavy atom. The van der Waals surface area contributed by atoms with Gasteiger partial charge in [-0.1, -0.05) is 13.8 Å². The molecule has 0 spiro atoms. The van der Waals surface area contributed by atoms with E-state index in [0.717, 1.165) is 0 Å². The van der Waals surface area contributed by atoms with Gasteiger partial charge in [0.2, 0.25) is 0 Å². The fraction of sp³-hybridized carbons (Fsp3) is 0.375. The normalized spacial score (nSPS) is 6.64. The average molecular weight is 189 g/mol. The lowest BCUT2D eigenvalue weighted by molar-refractivity contribution is 1.29. The molecule has 0 amide bonds. The third-order valence-electron chi connectivity index (χ3n) is 0.847. The molecule has 0 aliphatic heterocycles. The predicted octanol–water partition coefficient (Wildman–Crippen LogP) is 3.18. The van der Waals surface area contributed by atoms with Gasteiger partial charge in [-0.15, -0.1) is 23.3 Å². The molecule has 11 heavy (non-hydrogen) atoms. The largest absolute Gasteiger partial charge is 0.265 e. The van der Waals surface area contributed by atoms with Crippen molar-refractivity contribution < 1.29 is 0 Å². The number of aromatic nitrogens is 1. The van der Waals surface area contributed by atoms with Crippen molar-refractivity contribution in [3.8, 4) is 0 Å². The molecular weight excluding hydrogens is 174 g/mol. The van der Waals surface area contributed by atoms with Gasteiger partial charge in [0.25, 0.3) is 0 Å². The van der Waals surface area contributed by atoms with E-state index in [-0.39, 0.29) is 0 Å². The van der Waals surface area contributed by atoms with Gasteiger partial charge in [-0.3, -0.25) is 4.98 Å². The smallest absolute Gasteiger partial charge is 0.0270 e. The van der Waals surface area contributed by atoms with E-state index in [1.807, 2.05) is 32.9 Å². The SMILES string of the molecule is CC.Cc1ccncc1.SS. The summed E-state index contributed by atoms with van der Waals surface area (Å²) in [5, 5.41) is 0. The third kappa shape index (κ3) is 9.85. The Balaban J connectivity index is 0. The molecule has 1 rings (SSSR count). The maximum Gasteiger partial charge on any atom is 0.0270 e. The van der Waals surface area contributed by atoms with Crippen molar-refractivity contribution in [1.29, 1.82) is 0 Å². The lowest BCUT2D eigenvalue weighted by Crippen LogP contribution is -1.68. The van der Waals surface area contributed by atoms with E-state index in [1.54, 1.807) is 12.4 Å². The van der Waals surface area contributed by atoms with Crippen LogP contribution in [0.3, 0.4) is 0 Å². The summed E-state index contributed by atoms with van der Waals surface area (Å²) in [6, 6.07) is 3.94. The second-order valence-corrected chi connectivity index (χ2v) is 1.52. The first-order chi connectivity index (χ1) is 5.39. The maximum absolute atomic E-state index is 3.85. The van der Waals surface area contributed by atoms with Gasteiger partial charge >= 0.3 is 0 Å². The molecule has 1 aromatic heterocycles. The lowest BCUT2D eigenvalue weighted by atomic mass is 10.3. The highest BCUT2D eigenvalue weighted by Gasteiger charge is 1.72. The summed E-state index contributed by atoms with van der Waals surface area (Å²) in [6.07, 6.45) is 3.57. The van der Waals surface area contributed by atoms with Crippen molar-refractivity contribution in [2.75, 3.05) is 0 Å². The van der Waals surface area contributed by atoms with Crippen molar-refractivity contribution >= 4 is 23.3 Å². The first kappa shape index (κ1) is 13.4. The van der Waals surface area contributed by atoms with Crippen LogP contribution in [0.4, 0.5) is 0 Å². The van der Waals surface area contributed by atoms with Crippen LogP contribution in [0, 0.1) is 6.92 Å². The standard InChI is InChI=1S/C6H7N.C2H6.H2S2/c1-6-2-4-7-5-3-6;2*1-2/h2-5H,1H3;1-2H3;1-2H. The summed E-state index contributed by atoms with van der Waals surface area (Å²) in [6.45, 7) is 6.04. The van der Waals surface area contributed by atoms with E-state index in [0.29, 0.717) is 0 Å². The van der Waals surface area contributed by atoms with Gasteiger partial charge in [-0.05, 0) is 24.6 Å². The number of pyridine rings is 1. The second-order valence-electron chi connectivity index (χ2n) is 1.52. The fourth-order valence-corrected chi connectivity index (χ4v) is 0.426. The van der Waals surface area contributed by atoms with Crippen LogP contribution in [0.2, 0.25) is 0 Å². The molecule has 0 aliphatic carbocycles. The Labute approximate surface area is 79.5 Å². The molecule has 0 aliphatic rings. The van der Waals surface area contributed by atoms with Gasteiger partial charge in [0.05, 0.1) is 0 Å². The number of hydrogen-bond acceptors (Lipinski definition) is 3. The molecule has 0 bridgehead atoms. The van der Waals surface area contributed by atoms with E-state index in [2.05, 4.69) is 28.3 Å². The van der Waals surface area contributed by atoms with Crippen LogP contribution in [-0.2, 0) is 0 Å². The highest BCUT2D eigenvalue weighted by Crippen LogP contribution is 1.88. The first-order valence-electron chi connectivity index (χ1n) is 3.46. The van der Waals surface area contributed by atoms with Crippen molar-refractivity contribution in [3.05, 3.63) is 30.1 Å². The summed E-state index contributed by atoms with van der Waals surface area (Å²) < 4.78 is 0. The fourth-order valence-electron chi connectivity index (χ4n) is 0.426. The summed E-state index contributed by atoms with van der Waals surface area (Å²) in [5.41, 5.74) is 1.26. The lowest BCUT2D eigenvalue weighted by Gasteiger charge is -1.82. The second kappa shape index (κ2) is 12.5. The molecule has 0 aromatic carbocycles. The summed E-state index contributed by atoms with van der Waals surface area (Å²) >= 11 is 6.44. The highest BCUT2D eigenvalue weighted by molar-refractivity contribution is 8.59. The molecule has 0 radical (unpaired) electrons. The number of nitrogens with zero attached hydrogens (tertiary/aromatic N) is 1. The average Bonchev–Trinajstić information content (AvgIpc) is 2.13. The van der Waals surface area contributed by atoms with E-state index in [4.69, 9.17) is 0 Å². The van der Waals surface area contributed by atoms with E-state index in [9.17, 15) is 0 Å². The third-order valence-corrected chi connectivity index (χ3v) is 0.847. The molecule has 0 saturated carbocycles. The molecule has 1 nitrogen and oxygen atoms in total. The van der Waals surface area contributed by atoms with Gasteiger partial charge in [0, 0.05) is 12.4 Å². The molecule has 0 unspecified atom stereocenters. The number of aryl methyl sites for hydroxylation is 1. The minimum atomic E-state index is 1.26. The highest BCUT2D eigenvalue weighted by atomic mass is 33.1. The molecular formula is C8H15NS2. The maximum atomic E-state index is 3.85. The minimum absolute atomic E-state index is 1.26. The minimum Gasteiger partial charge on any atom is -0.265 e. The Morgan fingerprint density at radius 2 is 1.45 bits per heavy atom. The van der Waals surface area contributed by atoms with Crippen LogP contribution in [0.1, 0.15) is 19.4 Å². The van der Waals surface area contributed by atoms with Crippen LogP contribution in [0.15, 0.2) is 24.5 Å². The number of rotatable bonds is 0. The monoisotopic (exact) mass is 189 g/mol. The van der Waals surface area contributed by atoms with Crippen LogP contribution < -0.4 is 0 Å². The summed E-state index contributed by atoms with van der Waals surface area (Å²) in [5.74, 6) is 0. The zero-order valence-electron chi connectivity index (χ0n) is 7.15. The zero-order chi connectivity index (χ0) is 9.11. The summed E-state index contributed by atoms with van der Waals surface area (Å²) in [7, 11) is 0. The van der Waals surface area contributed by atoms with Gasteiger partial charge in [0.1, 0.15) is 0 Å². The number of hydrogen-bond donors (Lipinski definition) is 2. The van der Waals surface area contributed by atoms with Gasteiger partial charge in [-0.25, -0.2) is 0 Å². The van der Waals surface area contributed by atoms with Crippen molar-refractivity contribution in [3.63, 3.8) is 0 Å². The van der Waals surface area contributed by atoms with E-state index < -0.39 is 0 Å². The number of thiol groups is 2. The van der Waals surface area contributed by atoms with E-state index in [1.165, 1.54) is 5.56 Å². The van der Waals surface area contributed by atoms with Crippen LogP contribution in [0.5, 0.6) is 0 Å². The topological polar surface area (TPSA) is 12.9 Å². The molecule has 0 saturated heterocycles. The van der Waals surface area contributed by atoms with Crippen LogP contribution in [-0.4, -0.2) is 4.98 Å². The molecule has 3 heteroatoms. The Morgan fingerprint density at radius 1 is 1.09 bits per heavy atom. The molecule has 1 heterocycles. The van der Waals surface area contributed by atoms with Crippen LogP contribution in [0.25, 0.3) is 0 Å². The molecule has 64 valence electrons. The van der Waals surface area contributed by atoms with E-state index >= 15 is 0 Å². The van der Waals surface area contributed by atoms with Crippen molar-refractivity contribution in [2.24, 2.45) is 0 Å². The first-order valence-corrected chi connectivity index (χ1v) is 5.06. The molecule has 0 fully saturated rings. The Kier molecular flexibility index (Phi) is 15.3. The predicted molar refractivity (Wildman–Crippen MR) is 58.3 cm³/mol. The quantitative estimate of drug-likeness (QED) is 0.472. The molecule has 0 atom stereocenters. The van der Waals surface area contributed by atoms with Crippen molar-refractivity contribution in [1.82, 2.24) is 4.98 Å². The molecule has 0 N–H and O–H groups in total. The Bertz CT molecular complexity index is 142. The zero-order valence-corrected chi connectivity index (χ0v) is 8.94.